The van der Waals surface area contributed by atoms with Crippen molar-refractivity contribution in [1.82, 2.24) is 14.7 Å². The molecule has 0 saturated carbocycles. The first kappa shape index (κ1) is 17.2. The van der Waals surface area contributed by atoms with Gasteiger partial charge in [-0.3, -0.25) is 0 Å². The number of H-pyrrole nitrogens is 1. The number of imidazole rings is 1. The number of nitrogens with zero attached hydrogens (tertiary/aromatic N) is 1. The van der Waals surface area contributed by atoms with Crippen LogP contribution in [0, 0.1) is 0 Å². The first-order chi connectivity index (χ1) is 13.6. The summed E-state index contributed by atoms with van der Waals surface area (Å²) in [5.41, 5.74) is 4.84. The second kappa shape index (κ2) is 6.58. The number of aromatic amines is 1. The van der Waals surface area contributed by atoms with E-state index in [-0.39, 0.29) is 10.9 Å². The molecule has 3 aromatic carbocycles. The second-order valence-electron chi connectivity index (χ2n) is 7.13. The molecular formula is C22H19N3O2S. The van der Waals surface area contributed by atoms with Crippen molar-refractivity contribution in [2.24, 2.45) is 0 Å². The lowest BCUT2D eigenvalue weighted by Crippen LogP contribution is -2.35. The summed E-state index contributed by atoms with van der Waals surface area (Å²) < 4.78 is 28.7. The Bertz CT molecular complexity index is 1240. The quantitative estimate of drug-likeness (QED) is 0.559. The summed E-state index contributed by atoms with van der Waals surface area (Å²) in [7, 11) is -3.61. The van der Waals surface area contributed by atoms with Crippen molar-refractivity contribution in [1.29, 1.82) is 0 Å². The Morgan fingerprint density at radius 2 is 1.57 bits per heavy atom. The number of nitrogens with one attached hydrogen (secondary N) is 2. The second-order valence-corrected chi connectivity index (χ2v) is 8.84. The van der Waals surface area contributed by atoms with E-state index in [4.69, 9.17) is 0 Å². The van der Waals surface area contributed by atoms with Gasteiger partial charge in [0.05, 0.1) is 15.9 Å². The third-order valence-electron chi connectivity index (χ3n) is 5.18. The molecule has 1 aliphatic carbocycles. The number of rotatable bonds is 4. The van der Waals surface area contributed by atoms with E-state index in [1.54, 1.807) is 18.2 Å². The minimum atomic E-state index is -3.61. The smallest absolute Gasteiger partial charge is 0.240 e. The highest BCUT2D eigenvalue weighted by molar-refractivity contribution is 7.89. The van der Waals surface area contributed by atoms with Crippen LogP contribution in [-0.2, 0) is 22.9 Å². The molecule has 0 atom stereocenters. The van der Waals surface area contributed by atoms with Crippen molar-refractivity contribution < 1.29 is 8.42 Å². The van der Waals surface area contributed by atoms with Gasteiger partial charge >= 0.3 is 0 Å². The van der Waals surface area contributed by atoms with Gasteiger partial charge in [-0.05, 0) is 42.2 Å². The Morgan fingerprint density at radius 1 is 0.893 bits per heavy atom. The van der Waals surface area contributed by atoms with Crippen molar-refractivity contribution in [2.45, 2.75) is 23.8 Å². The zero-order valence-corrected chi connectivity index (χ0v) is 15.9. The lowest BCUT2D eigenvalue weighted by atomic mass is 10.1. The van der Waals surface area contributed by atoms with E-state index in [0.29, 0.717) is 5.52 Å². The molecule has 0 aliphatic heterocycles. The normalized spacial score (nSPS) is 14.4. The largest absolute Gasteiger partial charge is 0.338 e. The summed E-state index contributed by atoms with van der Waals surface area (Å²) in [5.74, 6) is 0.726. The number of hydrogen-bond acceptors (Lipinski definition) is 3. The van der Waals surface area contributed by atoms with Crippen LogP contribution in [0.2, 0.25) is 0 Å². The Kier molecular flexibility index (Phi) is 4.03. The summed E-state index contributed by atoms with van der Waals surface area (Å²) in [6, 6.07) is 22.8. The minimum Gasteiger partial charge on any atom is -0.338 e. The van der Waals surface area contributed by atoms with Gasteiger partial charge in [0.2, 0.25) is 10.0 Å². The molecule has 5 rings (SSSR count). The summed E-state index contributed by atoms with van der Waals surface area (Å²) in [6.07, 6.45) is 1.44. The van der Waals surface area contributed by atoms with Crippen LogP contribution in [0.5, 0.6) is 0 Å². The highest BCUT2D eigenvalue weighted by Crippen LogP contribution is 2.25. The van der Waals surface area contributed by atoms with Crippen LogP contribution < -0.4 is 4.72 Å². The van der Waals surface area contributed by atoms with Gasteiger partial charge in [0, 0.05) is 11.6 Å². The zero-order chi connectivity index (χ0) is 19.1. The summed E-state index contributed by atoms with van der Waals surface area (Å²) >= 11 is 0. The van der Waals surface area contributed by atoms with Crippen LogP contribution in [-0.4, -0.2) is 24.4 Å². The molecule has 0 fully saturated rings. The first-order valence-electron chi connectivity index (χ1n) is 9.23. The van der Waals surface area contributed by atoms with Crippen molar-refractivity contribution in [2.75, 3.05) is 0 Å². The standard InChI is InChI=1S/C22H19N3O2S/c26-28(27,25-18-12-16-8-4-5-9-17(16)13-18)19-10-11-20-21(14-19)24-22(23-20)15-6-2-1-3-7-15/h1-11,14,18,25H,12-13H2,(H,23,24). The lowest BCUT2D eigenvalue weighted by molar-refractivity contribution is 0.556. The Hall–Kier alpha value is -2.96. The van der Waals surface area contributed by atoms with Crippen LogP contribution >= 0.6 is 0 Å². The van der Waals surface area contributed by atoms with Crippen molar-refractivity contribution >= 4 is 21.1 Å². The summed E-state index contributed by atoms with van der Waals surface area (Å²) in [4.78, 5) is 8.04. The van der Waals surface area contributed by atoms with E-state index >= 15 is 0 Å². The fourth-order valence-corrected chi connectivity index (χ4v) is 5.08. The van der Waals surface area contributed by atoms with E-state index in [1.807, 2.05) is 42.5 Å². The van der Waals surface area contributed by atoms with Gasteiger partial charge < -0.3 is 4.98 Å². The molecule has 140 valence electrons. The monoisotopic (exact) mass is 389 g/mol. The molecular weight excluding hydrogens is 370 g/mol. The molecule has 0 saturated heterocycles. The molecule has 0 unspecified atom stereocenters. The van der Waals surface area contributed by atoms with Crippen LogP contribution in [0.4, 0.5) is 0 Å². The number of sulfonamides is 1. The van der Waals surface area contributed by atoms with E-state index in [9.17, 15) is 8.42 Å². The molecule has 4 aromatic rings. The van der Waals surface area contributed by atoms with Crippen LogP contribution in [0.3, 0.4) is 0 Å². The molecule has 0 radical (unpaired) electrons. The van der Waals surface area contributed by atoms with Crippen LogP contribution in [0.25, 0.3) is 22.4 Å². The fourth-order valence-electron chi connectivity index (χ4n) is 3.82. The number of fused-ring (bicyclic) bond motifs is 2. The molecule has 2 N–H and O–H groups in total. The maximum atomic E-state index is 12.9. The number of benzene rings is 3. The van der Waals surface area contributed by atoms with Gasteiger partial charge in [-0.25, -0.2) is 18.1 Å². The van der Waals surface area contributed by atoms with Crippen LogP contribution in [0.1, 0.15) is 11.1 Å². The predicted octanol–water partition coefficient (Wildman–Crippen LogP) is 3.68. The van der Waals surface area contributed by atoms with Gasteiger partial charge in [-0.2, -0.15) is 0 Å². The number of hydrogen-bond donors (Lipinski definition) is 2. The maximum Gasteiger partial charge on any atom is 0.240 e. The highest BCUT2D eigenvalue weighted by Gasteiger charge is 2.26. The first-order valence-corrected chi connectivity index (χ1v) is 10.7. The third-order valence-corrected chi connectivity index (χ3v) is 6.70. The molecule has 0 spiro atoms. The molecule has 5 nitrogen and oxygen atoms in total. The van der Waals surface area contributed by atoms with Gasteiger partial charge in [0.15, 0.2) is 0 Å². The number of aromatic nitrogens is 2. The molecule has 1 heterocycles. The van der Waals surface area contributed by atoms with E-state index < -0.39 is 10.0 Å². The molecule has 1 aliphatic rings. The van der Waals surface area contributed by atoms with E-state index in [1.165, 1.54) is 11.1 Å². The topological polar surface area (TPSA) is 74.8 Å². The average Bonchev–Trinajstić information content (AvgIpc) is 3.30. The van der Waals surface area contributed by atoms with Crippen molar-refractivity contribution in [3.8, 4) is 11.4 Å². The predicted molar refractivity (Wildman–Crippen MR) is 109 cm³/mol. The lowest BCUT2D eigenvalue weighted by Gasteiger charge is -2.12. The Morgan fingerprint density at radius 3 is 2.29 bits per heavy atom. The molecule has 1 aromatic heterocycles. The van der Waals surface area contributed by atoms with Crippen LogP contribution in [0.15, 0.2) is 77.7 Å². The van der Waals surface area contributed by atoms with Crippen molar-refractivity contribution in [3.05, 3.63) is 83.9 Å². The average molecular weight is 389 g/mol. The molecule has 6 heteroatoms. The van der Waals surface area contributed by atoms with E-state index in [2.05, 4.69) is 26.8 Å². The van der Waals surface area contributed by atoms with Crippen molar-refractivity contribution in [3.63, 3.8) is 0 Å². The zero-order valence-electron chi connectivity index (χ0n) is 15.1. The minimum absolute atomic E-state index is 0.111. The molecule has 0 bridgehead atoms. The molecule has 0 amide bonds. The Balaban J connectivity index is 1.42. The highest BCUT2D eigenvalue weighted by atomic mass is 32.2. The summed E-state index contributed by atoms with van der Waals surface area (Å²) in [5, 5.41) is 0. The van der Waals surface area contributed by atoms with Gasteiger partial charge in [0.25, 0.3) is 0 Å². The molecule has 28 heavy (non-hydrogen) atoms. The van der Waals surface area contributed by atoms with Gasteiger partial charge in [-0.1, -0.05) is 54.6 Å². The van der Waals surface area contributed by atoms with Gasteiger partial charge in [0.1, 0.15) is 5.82 Å². The summed E-state index contributed by atoms with van der Waals surface area (Å²) in [6.45, 7) is 0. The van der Waals surface area contributed by atoms with Gasteiger partial charge in [-0.15, -0.1) is 0 Å². The third kappa shape index (κ3) is 3.10. The Labute approximate surface area is 163 Å². The SMILES string of the molecule is O=S(=O)(NC1Cc2ccccc2C1)c1ccc2nc(-c3ccccc3)[nH]c2c1. The fraction of sp³-hybridized carbons (Fsp3) is 0.136. The maximum absolute atomic E-state index is 12.9. The van der Waals surface area contributed by atoms with E-state index in [0.717, 1.165) is 29.7 Å².